The van der Waals surface area contributed by atoms with Gasteiger partial charge in [0.15, 0.2) is 0 Å². The molecule has 0 aromatic carbocycles. The highest BCUT2D eigenvalue weighted by molar-refractivity contribution is 5.85. The number of nitrogens with two attached hydrogens (primary N) is 1. The summed E-state index contributed by atoms with van der Waals surface area (Å²) in [5, 5.41) is 16.5. The lowest BCUT2D eigenvalue weighted by molar-refractivity contribution is 0.225. The molecule has 5 nitrogen and oxygen atoms in total. The number of aromatic nitrogens is 3. The Bertz CT molecular complexity index is 288. The zero-order valence-electron chi connectivity index (χ0n) is 8.24. The lowest BCUT2D eigenvalue weighted by Crippen LogP contribution is -2.38. The SMILES string of the molecule is Cl.Cl.NC1CC(Cn2cc(CO)nn2)C1. The highest BCUT2D eigenvalue weighted by Crippen LogP contribution is 2.26. The maximum absolute atomic E-state index is 8.76. The van der Waals surface area contributed by atoms with Crippen LogP contribution in [0.2, 0.25) is 0 Å². The first-order valence-corrected chi connectivity index (χ1v) is 4.53. The molecule has 0 bridgehead atoms. The summed E-state index contributed by atoms with van der Waals surface area (Å²) in [6.07, 6.45) is 3.94. The van der Waals surface area contributed by atoms with Crippen LogP contribution in [0.25, 0.3) is 0 Å². The molecule has 0 saturated heterocycles. The molecule has 0 radical (unpaired) electrons. The van der Waals surface area contributed by atoms with Crippen molar-refractivity contribution < 1.29 is 5.11 Å². The number of nitrogens with zero attached hydrogens (tertiary/aromatic N) is 3. The van der Waals surface area contributed by atoms with Crippen LogP contribution in [0.15, 0.2) is 6.20 Å². The summed E-state index contributed by atoms with van der Waals surface area (Å²) in [6, 6.07) is 0.380. The van der Waals surface area contributed by atoms with Crippen LogP contribution in [0.3, 0.4) is 0 Å². The van der Waals surface area contributed by atoms with E-state index in [1.54, 1.807) is 10.9 Å². The minimum Gasteiger partial charge on any atom is -0.390 e. The maximum atomic E-state index is 8.76. The van der Waals surface area contributed by atoms with Gasteiger partial charge in [0, 0.05) is 12.6 Å². The van der Waals surface area contributed by atoms with E-state index >= 15 is 0 Å². The van der Waals surface area contributed by atoms with Crippen LogP contribution in [0, 0.1) is 5.92 Å². The van der Waals surface area contributed by atoms with Crippen LogP contribution in [0.1, 0.15) is 18.5 Å². The third kappa shape index (κ3) is 3.61. The molecule has 0 unspecified atom stereocenters. The molecule has 1 heterocycles. The molecule has 1 saturated carbocycles. The molecule has 0 amide bonds. The van der Waals surface area contributed by atoms with E-state index in [0.717, 1.165) is 19.4 Å². The Morgan fingerprint density at radius 1 is 1.47 bits per heavy atom. The Kier molecular flexibility index (Phi) is 6.12. The van der Waals surface area contributed by atoms with E-state index in [1.807, 2.05) is 0 Å². The molecular weight excluding hydrogens is 239 g/mol. The van der Waals surface area contributed by atoms with Gasteiger partial charge in [0.25, 0.3) is 0 Å². The molecule has 1 aliphatic rings. The predicted octanol–water partition coefficient (Wildman–Crippen LogP) is 0.351. The Morgan fingerprint density at radius 2 is 2.13 bits per heavy atom. The second kappa shape index (κ2) is 6.27. The van der Waals surface area contributed by atoms with Crippen molar-refractivity contribution in [2.24, 2.45) is 11.7 Å². The van der Waals surface area contributed by atoms with Crippen molar-refractivity contribution in [2.45, 2.75) is 32.0 Å². The van der Waals surface area contributed by atoms with E-state index in [1.165, 1.54) is 0 Å². The van der Waals surface area contributed by atoms with Crippen LogP contribution in [-0.2, 0) is 13.2 Å². The van der Waals surface area contributed by atoms with Crippen molar-refractivity contribution in [2.75, 3.05) is 0 Å². The first kappa shape index (κ1) is 14.6. The fourth-order valence-electron chi connectivity index (χ4n) is 1.70. The van der Waals surface area contributed by atoms with Crippen molar-refractivity contribution >= 4 is 24.8 Å². The maximum Gasteiger partial charge on any atom is 0.108 e. The predicted molar refractivity (Wildman–Crippen MR) is 61.1 cm³/mol. The average Bonchev–Trinajstić information content (AvgIpc) is 2.50. The van der Waals surface area contributed by atoms with Gasteiger partial charge in [-0.15, -0.1) is 29.9 Å². The molecule has 1 aromatic heterocycles. The van der Waals surface area contributed by atoms with E-state index in [9.17, 15) is 0 Å². The smallest absolute Gasteiger partial charge is 0.108 e. The van der Waals surface area contributed by atoms with Gasteiger partial charge in [0.2, 0.25) is 0 Å². The minimum absolute atomic E-state index is 0. The normalized spacial score (nSPS) is 23.6. The summed E-state index contributed by atoms with van der Waals surface area (Å²) >= 11 is 0. The lowest BCUT2D eigenvalue weighted by Gasteiger charge is -2.31. The van der Waals surface area contributed by atoms with E-state index in [4.69, 9.17) is 10.8 Å². The Balaban J connectivity index is 0.000000980. The zero-order chi connectivity index (χ0) is 9.26. The van der Waals surface area contributed by atoms with Gasteiger partial charge in [-0.1, -0.05) is 5.21 Å². The largest absolute Gasteiger partial charge is 0.390 e. The van der Waals surface area contributed by atoms with E-state index < -0.39 is 0 Å². The van der Waals surface area contributed by atoms with E-state index in [0.29, 0.717) is 17.7 Å². The molecule has 2 rings (SSSR count). The first-order valence-electron chi connectivity index (χ1n) is 4.53. The summed E-state index contributed by atoms with van der Waals surface area (Å²) in [6.45, 7) is 0.838. The third-order valence-electron chi connectivity index (χ3n) is 2.47. The summed E-state index contributed by atoms with van der Waals surface area (Å²) < 4.78 is 1.78. The van der Waals surface area contributed by atoms with Gasteiger partial charge in [0.1, 0.15) is 5.69 Å². The van der Waals surface area contributed by atoms with Gasteiger partial charge in [0.05, 0.1) is 12.8 Å². The third-order valence-corrected chi connectivity index (χ3v) is 2.47. The van der Waals surface area contributed by atoms with Gasteiger partial charge in [-0.3, -0.25) is 4.68 Å². The monoisotopic (exact) mass is 254 g/mol. The molecule has 15 heavy (non-hydrogen) atoms. The fourth-order valence-corrected chi connectivity index (χ4v) is 1.70. The number of aliphatic hydroxyl groups excluding tert-OH is 1. The highest BCUT2D eigenvalue weighted by Gasteiger charge is 2.26. The van der Waals surface area contributed by atoms with Crippen LogP contribution >= 0.6 is 24.8 Å². The second-order valence-electron chi connectivity index (χ2n) is 3.69. The highest BCUT2D eigenvalue weighted by atomic mass is 35.5. The molecule has 1 fully saturated rings. The quantitative estimate of drug-likeness (QED) is 0.817. The summed E-state index contributed by atoms with van der Waals surface area (Å²) in [5.41, 5.74) is 6.30. The average molecular weight is 255 g/mol. The minimum atomic E-state index is -0.0375. The van der Waals surface area contributed by atoms with Gasteiger partial charge >= 0.3 is 0 Å². The topological polar surface area (TPSA) is 77.0 Å². The van der Waals surface area contributed by atoms with Gasteiger partial charge < -0.3 is 10.8 Å². The van der Waals surface area contributed by atoms with E-state index in [2.05, 4.69) is 10.3 Å². The number of hydrogen-bond acceptors (Lipinski definition) is 4. The van der Waals surface area contributed by atoms with Crippen LogP contribution < -0.4 is 5.73 Å². The van der Waals surface area contributed by atoms with Crippen LogP contribution in [0.4, 0.5) is 0 Å². The van der Waals surface area contributed by atoms with Crippen molar-refractivity contribution in [1.82, 2.24) is 15.0 Å². The molecule has 88 valence electrons. The fraction of sp³-hybridized carbons (Fsp3) is 0.750. The van der Waals surface area contributed by atoms with Crippen molar-refractivity contribution in [3.8, 4) is 0 Å². The molecule has 3 N–H and O–H groups in total. The Hall–Kier alpha value is -0.360. The Morgan fingerprint density at radius 3 is 2.60 bits per heavy atom. The molecule has 1 aliphatic carbocycles. The summed E-state index contributed by atoms with van der Waals surface area (Å²) in [5.74, 6) is 0.642. The van der Waals surface area contributed by atoms with Crippen LogP contribution in [-0.4, -0.2) is 26.1 Å². The Labute approximate surface area is 101 Å². The molecule has 0 spiro atoms. The molecule has 0 aliphatic heterocycles. The van der Waals surface area contributed by atoms with Gasteiger partial charge in [-0.05, 0) is 18.8 Å². The number of halogens is 2. The van der Waals surface area contributed by atoms with Crippen molar-refractivity contribution in [3.63, 3.8) is 0 Å². The summed E-state index contributed by atoms with van der Waals surface area (Å²) in [4.78, 5) is 0. The molecule has 7 heteroatoms. The standard InChI is InChI=1S/C8H14N4O.2ClH/c9-7-1-6(2-7)3-12-4-8(5-13)10-11-12;;/h4,6-7,13H,1-3,5,9H2;2*1H. The summed E-state index contributed by atoms with van der Waals surface area (Å²) in [7, 11) is 0. The second-order valence-corrected chi connectivity index (χ2v) is 3.69. The molecular formula is C8H16Cl2N4O. The van der Waals surface area contributed by atoms with Crippen molar-refractivity contribution in [1.29, 1.82) is 0 Å². The number of hydrogen-bond donors (Lipinski definition) is 2. The van der Waals surface area contributed by atoms with Gasteiger partial charge in [-0.25, -0.2) is 0 Å². The lowest BCUT2D eigenvalue weighted by atomic mass is 9.81. The van der Waals surface area contributed by atoms with Crippen molar-refractivity contribution in [3.05, 3.63) is 11.9 Å². The zero-order valence-corrected chi connectivity index (χ0v) is 9.88. The number of aliphatic hydroxyl groups is 1. The molecule has 0 atom stereocenters. The van der Waals surface area contributed by atoms with Crippen LogP contribution in [0.5, 0.6) is 0 Å². The van der Waals surface area contributed by atoms with E-state index in [-0.39, 0.29) is 31.4 Å². The van der Waals surface area contributed by atoms with Gasteiger partial charge in [-0.2, -0.15) is 0 Å². The molecule has 1 aromatic rings. The number of rotatable bonds is 3. The first-order chi connectivity index (χ1) is 6.28.